The summed E-state index contributed by atoms with van der Waals surface area (Å²) in [6, 6.07) is 3.47. The molecule has 0 spiro atoms. The van der Waals surface area contributed by atoms with Crippen LogP contribution in [-0.4, -0.2) is 29.3 Å². The molecule has 0 unspecified atom stereocenters. The van der Waals surface area contributed by atoms with Crippen LogP contribution in [0.15, 0.2) is 18.2 Å². The molecule has 0 fully saturated rings. The highest BCUT2D eigenvalue weighted by molar-refractivity contribution is 5.38. The molecule has 0 aliphatic heterocycles. The SMILES string of the molecule is C[C@@H](CO)Oc1cc(CO)cc(OC(F)(F)F)c1. The molecule has 0 saturated heterocycles. The normalized spacial score (nSPS) is 13.2. The zero-order valence-corrected chi connectivity index (χ0v) is 9.57. The van der Waals surface area contributed by atoms with E-state index in [1.54, 1.807) is 6.92 Å². The lowest BCUT2D eigenvalue weighted by Gasteiger charge is -2.15. The quantitative estimate of drug-likeness (QED) is 0.853. The summed E-state index contributed by atoms with van der Waals surface area (Å²) >= 11 is 0. The average molecular weight is 266 g/mol. The van der Waals surface area contributed by atoms with E-state index in [9.17, 15) is 13.2 Å². The van der Waals surface area contributed by atoms with E-state index < -0.39 is 24.8 Å². The first kappa shape index (κ1) is 14.6. The highest BCUT2D eigenvalue weighted by Crippen LogP contribution is 2.28. The van der Waals surface area contributed by atoms with Crippen molar-refractivity contribution in [3.05, 3.63) is 23.8 Å². The minimum Gasteiger partial charge on any atom is -0.488 e. The molecule has 0 heterocycles. The van der Waals surface area contributed by atoms with E-state index in [2.05, 4.69) is 4.74 Å². The zero-order valence-electron chi connectivity index (χ0n) is 9.57. The van der Waals surface area contributed by atoms with Gasteiger partial charge in [-0.1, -0.05) is 0 Å². The number of ether oxygens (including phenoxy) is 2. The van der Waals surface area contributed by atoms with Crippen LogP contribution in [0.5, 0.6) is 11.5 Å². The monoisotopic (exact) mass is 266 g/mol. The van der Waals surface area contributed by atoms with Gasteiger partial charge in [-0.05, 0) is 24.6 Å². The first-order valence-electron chi connectivity index (χ1n) is 5.12. The molecular formula is C11H13F3O4. The van der Waals surface area contributed by atoms with E-state index in [1.807, 2.05) is 0 Å². The van der Waals surface area contributed by atoms with E-state index in [1.165, 1.54) is 6.07 Å². The molecule has 1 aromatic rings. The van der Waals surface area contributed by atoms with Crippen molar-refractivity contribution in [2.24, 2.45) is 0 Å². The summed E-state index contributed by atoms with van der Waals surface area (Å²) in [4.78, 5) is 0. The minimum absolute atomic E-state index is 0.0855. The molecular weight excluding hydrogens is 253 g/mol. The Morgan fingerprint density at radius 2 is 1.78 bits per heavy atom. The second-order valence-corrected chi connectivity index (χ2v) is 3.63. The first-order valence-corrected chi connectivity index (χ1v) is 5.12. The summed E-state index contributed by atoms with van der Waals surface area (Å²) in [5, 5.41) is 17.7. The lowest BCUT2D eigenvalue weighted by atomic mass is 10.2. The lowest BCUT2D eigenvalue weighted by molar-refractivity contribution is -0.274. The van der Waals surface area contributed by atoms with Crippen LogP contribution in [0.3, 0.4) is 0 Å². The van der Waals surface area contributed by atoms with E-state index in [4.69, 9.17) is 14.9 Å². The van der Waals surface area contributed by atoms with Gasteiger partial charge >= 0.3 is 6.36 Å². The maximum atomic E-state index is 12.1. The first-order chi connectivity index (χ1) is 8.34. The molecule has 0 radical (unpaired) electrons. The van der Waals surface area contributed by atoms with E-state index in [0.29, 0.717) is 0 Å². The number of halogens is 3. The van der Waals surface area contributed by atoms with Crippen LogP contribution < -0.4 is 9.47 Å². The molecule has 0 amide bonds. The molecule has 1 aromatic carbocycles. The molecule has 2 N–H and O–H groups in total. The molecule has 0 bridgehead atoms. The molecule has 0 aliphatic carbocycles. The van der Waals surface area contributed by atoms with Gasteiger partial charge < -0.3 is 19.7 Å². The van der Waals surface area contributed by atoms with Crippen LogP contribution in [0.1, 0.15) is 12.5 Å². The summed E-state index contributed by atoms with van der Waals surface area (Å²) in [5.41, 5.74) is 0.219. The van der Waals surface area contributed by atoms with E-state index >= 15 is 0 Å². The van der Waals surface area contributed by atoms with Crippen molar-refractivity contribution in [3.63, 3.8) is 0 Å². The summed E-state index contributed by atoms with van der Waals surface area (Å²) in [6.45, 7) is 0.827. The Labute approximate surface area is 102 Å². The Morgan fingerprint density at radius 1 is 1.17 bits per heavy atom. The van der Waals surface area contributed by atoms with Gasteiger partial charge in [-0.3, -0.25) is 0 Å². The zero-order chi connectivity index (χ0) is 13.8. The van der Waals surface area contributed by atoms with Crippen molar-refractivity contribution in [2.75, 3.05) is 6.61 Å². The summed E-state index contributed by atoms with van der Waals surface area (Å²) in [5.74, 6) is -0.392. The van der Waals surface area contributed by atoms with Crippen molar-refractivity contribution in [1.82, 2.24) is 0 Å². The largest absolute Gasteiger partial charge is 0.573 e. The molecule has 1 rings (SSSR count). The van der Waals surface area contributed by atoms with Crippen LogP contribution >= 0.6 is 0 Å². The minimum atomic E-state index is -4.81. The smallest absolute Gasteiger partial charge is 0.488 e. The van der Waals surface area contributed by atoms with Gasteiger partial charge in [0.2, 0.25) is 0 Å². The van der Waals surface area contributed by atoms with Crippen molar-refractivity contribution in [1.29, 1.82) is 0 Å². The van der Waals surface area contributed by atoms with Crippen molar-refractivity contribution < 1.29 is 32.9 Å². The number of hydrogen-bond donors (Lipinski definition) is 2. The van der Waals surface area contributed by atoms with Gasteiger partial charge in [0.15, 0.2) is 0 Å². The third-order valence-corrected chi connectivity index (χ3v) is 1.95. The highest BCUT2D eigenvalue weighted by Gasteiger charge is 2.31. The molecule has 102 valence electrons. The van der Waals surface area contributed by atoms with Crippen LogP contribution in [0.25, 0.3) is 0 Å². The van der Waals surface area contributed by atoms with E-state index in [0.717, 1.165) is 12.1 Å². The number of aliphatic hydroxyl groups is 2. The Kier molecular flexibility index (Phi) is 4.80. The van der Waals surface area contributed by atoms with Gasteiger partial charge in [0.1, 0.15) is 17.6 Å². The Bertz CT molecular complexity index is 392. The molecule has 7 heteroatoms. The summed E-state index contributed by atoms with van der Waals surface area (Å²) in [6.07, 6.45) is -5.38. The van der Waals surface area contributed by atoms with Crippen LogP contribution in [0.2, 0.25) is 0 Å². The molecule has 0 saturated carbocycles. The van der Waals surface area contributed by atoms with Gasteiger partial charge in [-0.25, -0.2) is 0 Å². The van der Waals surface area contributed by atoms with Gasteiger partial charge in [0.25, 0.3) is 0 Å². The fourth-order valence-corrected chi connectivity index (χ4v) is 1.25. The molecule has 18 heavy (non-hydrogen) atoms. The third-order valence-electron chi connectivity index (χ3n) is 1.95. The van der Waals surface area contributed by atoms with Gasteiger partial charge in [0.05, 0.1) is 13.2 Å². The number of rotatable bonds is 5. The van der Waals surface area contributed by atoms with Crippen LogP contribution in [-0.2, 0) is 6.61 Å². The maximum Gasteiger partial charge on any atom is 0.573 e. The molecule has 0 aromatic heterocycles. The molecule has 0 aliphatic rings. The lowest BCUT2D eigenvalue weighted by Crippen LogP contribution is -2.18. The number of hydrogen-bond acceptors (Lipinski definition) is 4. The Morgan fingerprint density at radius 3 is 2.28 bits per heavy atom. The van der Waals surface area contributed by atoms with Crippen molar-refractivity contribution in [2.45, 2.75) is 26.0 Å². The van der Waals surface area contributed by atoms with E-state index in [-0.39, 0.29) is 17.9 Å². The fraction of sp³-hybridized carbons (Fsp3) is 0.455. The standard InChI is InChI=1S/C11H13F3O4/c1-7(5-15)17-9-2-8(6-16)3-10(4-9)18-11(12,13)14/h2-4,7,15-16H,5-6H2,1H3/t7-/m0/s1. The van der Waals surface area contributed by atoms with Crippen LogP contribution in [0.4, 0.5) is 13.2 Å². The predicted molar refractivity (Wildman–Crippen MR) is 56.2 cm³/mol. The second kappa shape index (κ2) is 5.92. The van der Waals surface area contributed by atoms with Gasteiger partial charge in [-0.2, -0.15) is 0 Å². The maximum absolute atomic E-state index is 12.1. The number of alkyl halides is 3. The average Bonchev–Trinajstić information content (AvgIpc) is 2.26. The summed E-state index contributed by atoms with van der Waals surface area (Å²) in [7, 11) is 0. The van der Waals surface area contributed by atoms with Gasteiger partial charge in [-0.15, -0.1) is 13.2 Å². The Hall–Kier alpha value is -1.47. The number of aliphatic hydroxyl groups excluding tert-OH is 2. The molecule has 1 atom stereocenters. The predicted octanol–water partition coefficient (Wildman–Crippen LogP) is 1.84. The third kappa shape index (κ3) is 4.80. The highest BCUT2D eigenvalue weighted by atomic mass is 19.4. The number of benzene rings is 1. The van der Waals surface area contributed by atoms with Crippen LogP contribution in [0, 0.1) is 0 Å². The van der Waals surface area contributed by atoms with Crippen molar-refractivity contribution in [3.8, 4) is 11.5 Å². The summed E-state index contributed by atoms with van der Waals surface area (Å²) < 4.78 is 45.1. The Balaban J connectivity index is 2.94. The van der Waals surface area contributed by atoms with Gasteiger partial charge in [0, 0.05) is 6.07 Å². The molecule has 4 nitrogen and oxygen atoms in total. The second-order valence-electron chi connectivity index (χ2n) is 3.63. The fourth-order valence-electron chi connectivity index (χ4n) is 1.25. The van der Waals surface area contributed by atoms with Crippen molar-refractivity contribution >= 4 is 0 Å². The topological polar surface area (TPSA) is 58.9 Å².